The van der Waals surface area contributed by atoms with Crippen molar-refractivity contribution < 1.29 is 31.5 Å². The number of halogens is 2. The van der Waals surface area contributed by atoms with Crippen molar-refractivity contribution in [2.24, 2.45) is 5.92 Å². The van der Waals surface area contributed by atoms with Crippen molar-refractivity contribution in [2.75, 3.05) is 12.9 Å². The molecule has 4 rings (SSSR count). The maximum atomic E-state index is 14.4. The predicted molar refractivity (Wildman–Crippen MR) is 121 cm³/mol. The highest BCUT2D eigenvalue weighted by molar-refractivity contribution is 7.89. The summed E-state index contributed by atoms with van der Waals surface area (Å²) >= 11 is 0. The van der Waals surface area contributed by atoms with Crippen LogP contribution in [0.2, 0.25) is 0 Å². The Labute approximate surface area is 195 Å². The van der Waals surface area contributed by atoms with Crippen LogP contribution in [0.15, 0.2) is 54.7 Å². The molecular weight excluding hydrogens is 466 g/mol. The second kappa shape index (κ2) is 9.76. The lowest BCUT2D eigenvalue weighted by Gasteiger charge is -2.11. The number of amides is 1. The standard InChI is InChI=1S/C24H22F2N2O5S/c1-34(30,31)28-24(29)20-11-21(25)18(10-22(20)26)14-32-19-4-2-3-16(9-19)17-7-8-23(27-12-17)33-13-15-5-6-15/h2-4,7-12,15H,5-6,13-14H2,1H3,(H,28,29). The number of benzene rings is 2. The number of carbonyl (C=O) groups is 1. The quantitative estimate of drug-likeness (QED) is 0.488. The zero-order valence-corrected chi connectivity index (χ0v) is 19.1. The first kappa shape index (κ1) is 23.6. The molecule has 0 saturated heterocycles. The van der Waals surface area contributed by atoms with Crippen LogP contribution in [0.5, 0.6) is 11.6 Å². The van der Waals surface area contributed by atoms with Crippen molar-refractivity contribution in [2.45, 2.75) is 19.4 Å². The van der Waals surface area contributed by atoms with Gasteiger partial charge in [0, 0.05) is 23.4 Å². The summed E-state index contributed by atoms with van der Waals surface area (Å²) in [6, 6.07) is 12.2. The van der Waals surface area contributed by atoms with Crippen molar-refractivity contribution in [3.8, 4) is 22.8 Å². The summed E-state index contributed by atoms with van der Waals surface area (Å²) in [5, 5.41) is 0. The van der Waals surface area contributed by atoms with Crippen molar-refractivity contribution in [1.82, 2.24) is 9.71 Å². The molecule has 1 fully saturated rings. The Hall–Kier alpha value is -3.53. The van der Waals surface area contributed by atoms with E-state index in [-0.39, 0.29) is 12.2 Å². The van der Waals surface area contributed by atoms with E-state index in [0.29, 0.717) is 30.2 Å². The Balaban J connectivity index is 1.42. The molecule has 1 saturated carbocycles. The van der Waals surface area contributed by atoms with E-state index in [1.807, 2.05) is 12.1 Å². The van der Waals surface area contributed by atoms with E-state index in [0.717, 1.165) is 23.4 Å². The van der Waals surface area contributed by atoms with Gasteiger partial charge in [-0.15, -0.1) is 0 Å². The third-order valence-electron chi connectivity index (χ3n) is 5.12. The first-order valence-corrected chi connectivity index (χ1v) is 12.4. The molecule has 0 spiro atoms. The molecule has 0 aliphatic heterocycles. The topological polar surface area (TPSA) is 94.6 Å². The van der Waals surface area contributed by atoms with Gasteiger partial charge < -0.3 is 9.47 Å². The fourth-order valence-electron chi connectivity index (χ4n) is 3.15. The van der Waals surface area contributed by atoms with Crippen LogP contribution in [-0.4, -0.2) is 32.2 Å². The van der Waals surface area contributed by atoms with Crippen molar-refractivity contribution in [3.05, 3.63) is 77.5 Å². The summed E-state index contributed by atoms with van der Waals surface area (Å²) in [7, 11) is -3.92. The van der Waals surface area contributed by atoms with Gasteiger partial charge in [-0.05, 0) is 54.7 Å². The lowest BCUT2D eigenvalue weighted by atomic mass is 10.1. The molecule has 1 heterocycles. The molecule has 0 radical (unpaired) electrons. The smallest absolute Gasteiger partial charge is 0.267 e. The molecule has 0 unspecified atom stereocenters. The van der Waals surface area contributed by atoms with Crippen LogP contribution in [0, 0.1) is 17.6 Å². The maximum absolute atomic E-state index is 14.4. The fraction of sp³-hybridized carbons (Fsp3) is 0.250. The number of hydrogen-bond acceptors (Lipinski definition) is 6. The minimum Gasteiger partial charge on any atom is -0.489 e. The number of pyridine rings is 1. The summed E-state index contributed by atoms with van der Waals surface area (Å²) in [5.74, 6) is -1.60. The maximum Gasteiger partial charge on any atom is 0.267 e. The normalized spacial score (nSPS) is 13.4. The lowest BCUT2D eigenvalue weighted by molar-refractivity contribution is 0.0977. The Morgan fingerprint density at radius 2 is 1.85 bits per heavy atom. The van der Waals surface area contributed by atoms with E-state index in [9.17, 15) is 22.0 Å². The van der Waals surface area contributed by atoms with E-state index < -0.39 is 33.1 Å². The summed E-state index contributed by atoms with van der Waals surface area (Å²) in [6.45, 7) is 0.378. The predicted octanol–water partition coefficient (Wildman–Crippen LogP) is 4.08. The second-order valence-corrected chi connectivity index (χ2v) is 9.83. The van der Waals surface area contributed by atoms with Crippen LogP contribution in [0.25, 0.3) is 11.1 Å². The number of hydrogen-bond donors (Lipinski definition) is 1. The first-order chi connectivity index (χ1) is 16.2. The molecule has 1 aromatic heterocycles. The van der Waals surface area contributed by atoms with Crippen molar-refractivity contribution in [3.63, 3.8) is 0 Å². The molecule has 0 atom stereocenters. The number of carbonyl (C=O) groups excluding carboxylic acids is 1. The van der Waals surface area contributed by atoms with E-state index in [1.165, 1.54) is 12.8 Å². The van der Waals surface area contributed by atoms with Gasteiger partial charge in [0.1, 0.15) is 24.0 Å². The molecule has 0 bridgehead atoms. The van der Waals surface area contributed by atoms with Gasteiger partial charge in [-0.2, -0.15) is 0 Å². The zero-order chi connectivity index (χ0) is 24.3. The van der Waals surface area contributed by atoms with Crippen molar-refractivity contribution in [1.29, 1.82) is 0 Å². The van der Waals surface area contributed by atoms with Crippen LogP contribution < -0.4 is 14.2 Å². The van der Waals surface area contributed by atoms with Gasteiger partial charge in [0.15, 0.2) is 0 Å². The second-order valence-electron chi connectivity index (χ2n) is 8.08. The zero-order valence-electron chi connectivity index (χ0n) is 18.3. The minimum atomic E-state index is -3.92. The third kappa shape index (κ3) is 6.28. The van der Waals surface area contributed by atoms with Crippen LogP contribution in [0.3, 0.4) is 0 Å². The molecule has 1 aliphatic carbocycles. The fourth-order valence-corrected chi connectivity index (χ4v) is 3.59. The largest absolute Gasteiger partial charge is 0.489 e. The molecule has 7 nitrogen and oxygen atoms in total. The van der Waals surface area contributed by atoms with E-state index in [1.54, 1.807) is 35.2 Å². The number of nitrogens with one attached hydrogen (secondary N) is 1. The van der Waals surface area contributed by atoms with Crippen LogP contribution in [-0.2, 0) is 16.6 Å². The Morgan fingerprint density at radius 1 is 1.06 bits per heavy atom. The summed E-state index contributed by atoms with van der Waals surface area (Å²) in [4.78, 5) is 16.2. The average molecular weight is 489 g/mol. The average Bonchev–Trinajstić information content (AvgIpc) is 3.62. The number of nitrogens with zero attached hydrogens (tertiary/aromatic N) is 1. The van der Waals surface area contributed by atoms with Crippen LogP contribution in [0.1, 0.15) is 28.8 Å². The van der Waals surface area contributed by atoms with Gasteiger partial charge in [0.05, 0.1) is 18.4 Å². The van der Waals surface area contributed by atoms with E-state index >= 15 is 0 Å². The highest BCUT2D eigenvalue weighted by atomic mass is 32.2. The molecule has 1 aliphatic rings. The molecule has 1 N–H and O–H groups in total. The number of aromatic nitrogens is 1. The van der Waals surface area contributed by atoms with Crippen molar-refractivity contribution >= 4 is 15.9 Å². The Morgan fingerprint density at radius 3 is 2.53 bits per heavy atom. The number of ether oxygens (including phenoxy) is 2. The molecule has 1 amide bonds. The molecule has 178 valence electrons. The van der Waals surface area contributed by atoms with Gasteiger partial charge in [-0.3, -0.25) is 4.79 Å². The number of sulfonamides is 1. The lowest BCUT2D eigenvalue weighted by Crippen LogP contribution is -2.30. The first-order valence-electron chi connectivity index (χ1n) is 10.5. The molecule has 3 aromatic rings. The van der Waals surface area contributed by atoms with Crippen LogP contribution >= 0.6 is 0 Å². The van der Waals surface area contributed by atoms with Gasteiger partial charge in [0.2, 0.25) is 15.9 Å². The molecule has 10 heteroatoms. The summed E-state index contributed by atoms with van der Waals surface area (Å²) in [6.07, 6.45) is 4.83. The van der Waals surface area contributed by atoms with Gasteiger partial charge >= 0.3 is 0 Å². The van der Waals surface area contributed by atoms with Gasteiger partial charge in [-0.1, -0.05) is 12.1 Å². The molecule has 2 aromatic carbocycles. The Bertz CT molecular complexity index is 1310. The minimum absolute atomic E-state index is 0.127. The van der Waals surface area contributed by atoms with E-state index in [4.69, 9.17) is 9.47 Å². The summed E-state index contributed by atoms with van der Waals surface area (Å²) < 4.78 is 63.9. The summed E-state index contributed by atoms with van der Waals surface area (Å²) in [5.41, 5.74) is 0.809. The van der Waals surface area contributed by atoms with E-state index in [2.05, 4.69) is 4.98 Å². The number of rotatable bonds is 9. The van der Waals surface area contributed by atoms with Crippen LogP contribution in [0.4, 0.5) is 8.78 Å². The van der Waals surface area contributed by atoms with Gasteiger partial charge in [0.25, 0.3) is 5.91 Å². The highest BCUT2D eigenvalue weighted by Crippen LogP contribution is 2.30. The van der Waals surface area contributed by atoms with Gasteiger partial charge in [-0.25, -0.2) is 26.9 Å². The molecular formula is C24H22F2N2O5S. The SMILES string of the molecule is CS(=O)(=O)NC(=O)c1cc(F)c(COc2cccc(-c3ccc(OCC4CC4)nc3)c2)cc1F. The third-order valence-corrected chi connectivity index (χ3v) is 5.68. The monoisotopic (exact) mass is 488 g/mol. The molecule has 34 heavy (non-hydrogen) atoms. The highest BCUT2D eigenvalue weighted by Gasteiger charge is 2.22. The Kier molecular flexibility index (Phi) is 6.78.